The van der Waals surface area contributed by atoms with Crippen LogP contribution in [-0.4, -0.2) is 29.4 Å². The first-order valence-electron chi connectivity index (χ1n) is 5.69. The Morgan fingerprint density at radius 1 is 0.957 bits per heavy atom. The van der Waals surface area contributed by atoms with Gasteiger partial charge in [-0.25, -0.2) is 4.99 Å². The molecule has 0 saturated heterocycles. The number of alkyl halides is 6. The van der Waals surface area contributed by atoms with Gasteiger partial charge in [-0.05, 0) is 12.1 Å². The average molecular weight is 343 g/mol. The molecule has 0 aliphatic carbocycles. The predicted molar refractivity (Wildman–Crippen MR) is 69.5 cm³/mol. The van der Waals surface area contributed by atoms with E-state index in [2.05, 4.69) is 9.98 Å². The number of guanidine groups is 2. The van der Waals surface area contributed by atoms with Crippen molar-refractivity contribution in [2.75, 3.05) is 0 Å². The molecule has 1 aromatic carbocycles. The van der Waals surface area contributed by atoms with E-state index in [1.807, 2.05) is 0 Å². The summed E-state index contributed by atoms with van der Waals surface area (Å²) in [6.07, 6.45) is -12.0. The molecule has 0 heterocycles. The van der Waals surface area contributed by atoms with E-state index >= 15 is 0 Å². The van der Waals surface area contributed by atoms with Crippen molar-refractivity contribution in [3.63, 3.8) is 0 Å². The van der Waals surface area contributed by atoms with Gasteiger partial charge < -0.3 is 22.3 Å². The van der Waals surface area contributed by atoms with E-state index in [4.69, 9.17) is 17.2 Å². The molecule has 0 spiro atoms. The van der Waals surface area contributed by atoms with Gasteiger partial charge in [-0.1, -0.05) is 12.1 Å². The zero-order chi connectivity index (χ0) is 18.1. The second-order valence-electron chi connectivity index (χ2n) is 4.26. The highest BCUT2D eigenvalue weighted by Gasteiger charge is 2.71. The Morgan fingerprint density at radius 3 is 1.91 bits per heavy atom. The highest BCUT2D eigenvalue weighted by atomic mass is 19.4. The molecule has 0 aliphatic rings. The molecule has 0 amide bonds. The molecular formula is C11H11F6N5O. The summed E-state index contributed by atoms with van der Waals surface area (Å²) in [5.74, 6) is -1.10. The zero-order valence-electron chi connectivity index (χ0n) is 11.2. The molecule has 128 valence electrons. The lowest BCUT2D eigenvalue weighted by molar-refractivity contribution is -0.376. The minimum absolute atomic E-state index is 0.371. The van der Waals surface area contributed by atoms with Crippen LogP contribution in [0.15, 0.2) is 34.3 Å². The number of hydrogen-bond donors (Lipinski definition) is 4. The van der Waals surface area contributed by atoms with Crippen LogP contribution in [-0.2, 0) is 5.60 Å². The Bertz CT molecular complexity index is 619. The van der Waals surface area contributed by atoms with Gasteiger partial charge in [0, 0.05) is 5.56 Å². The van der Waals surface area contributed by atoms with Crippen molar-refractivity contribution in [2.45, 2.75) is 18.0 Å². The van der Waals surface area contributed by atoms with Gasteiger partial charge in [0.1, 0.15) is 0 Å². The number of aliphatic imine (C=N–C) groups is 2. The molecule has 0 radical (unpaired) electrons. The summed E-state index contributed by atoms with van der Waals surface area (Å²) in [5, 5.41) is 9.26. The molecule has 1 rings (SSSR count). The van der Waals surface area contributed by atoms with Gasteiger partial charge in [0.05, 0.1) is 5.69 Å². The fourth-order valence-corrected chi connectivity index (χ4v) is 1.58. The van der Waals surface area contributed by atoms with Gasteiger partial charge in [0.25, 0.3) is 5.60 Å². The first-order chi connectivity index (χ1) is 10.3. The third-order valence-electron chi connectivity index (χ3n) is 2.57. The molecule has 12 heteroatoms. The maximum Gasteiger partial charge on any atom is 0.430 e. The maximum atomic E-state index is 12.8. The minimum Gasteiger partial charge on any atom is -0.370 e. The molecule has 1 aromatic rings. The largest absolute Gasteiger partial charge is 0.430 e. The fourth-order valence-electron chi connectivity index (χ4n) is 1.58. The van der Waals surface area contributed by atoms with Gasteiger partial charge in [0.15, 0.2) is 5.96 Å². The third kappa shape index (κ3) is 3.83. The van der Waals surface area contributed by atoms with E-state index in [1.54, 1.807) is 0 Å². The molecule has 0 aromatic heterocycles. The first kappa shape index (κ1) is 18.5. The number of nitrogens with zero attached hydrogens (tertiary/aromatic N) is 2. The lowest BCUT2D eigenvalue weighted by Gasteiger charge is -2.32. The highest BCUT2D eigenvalue weighted by Crippen LogP contribution is 2.50. The summed E-state index contributed by atoms with van der Waals surface area (Å²) in [4.78, 5) is 6.69. The normalized spacial score (nSPS) is 13.8. The van der Waals surface area contributed by atoms with Crippen molar-refractivity contribution >= 4 is 17.6 Å². The van der Waals surface area contributed by atoms with Crippen LogP contribution in [0, 0.1) is 0 Å². The zero-order valence-corrected chi connectivity index (χ0v) is 11.2. The standard InChI is InChI=1S/C11H11F6N5O/c12-10(13,14)9(23,11(15,16)17)5-2-1-3-6(4-5)21-8(20)22-7(18)19/h1-4,23H,(H6,18,19,20,21,22). The van der Waals surface area contributed by atoms with Gasteiger partial charge in [-0.15, -0.1) is 0 Å². The summed E-state index contributed by atoms with van der Waals surface area (Å²) in [6.45, 7) is 0. The lowest BCUT2D eigenvalue weighted by atomic mass is 9.92. The van der Waals surface area contributed by atoms with Crippen LogP contribution in [0.25, 0.3) is 0 Å². The smallest absolute Gasteiger partial charge is 0.370 e. The Balaban J connectivity index is 3.45. The van der Waals surface area contributed by atoms with Crippen LogP contribution >= 0.6 is 0 Å². The van der Waals surface area contributed by atoms with E-state index in [1.165, 1.54) is 0 Å². The number of rotatable bonds is 2. The van der Waals surface area contributed by atoms with Crippen LogP contribution in [0.3, 0.4) is 0 Å². The van der Waals surface area contributed by atoms with Gasteiger partial charge in [0.2, 0.25) is 5.96 Å². The predicted octanol–water partition coefficient (Wildman–Crippen LogP) is 1.22. The monoisotopic (exact) mass is 343 g/mol. The average Bonchev–Trinajstić information content (AvgIpc) is 2.34. The van der Waals surface area contributed by atoms with Gasteiger partial charge in [-0.2, -0.15) is 31.3 Å². The van der Waals surface area contributed by atoms with Crippen molar-refractivity contribution in [2.24, 2.45) is 27.2 Å². The molecule has 0 atom stereocenters. The second-order valence-corrected chi connectivity index (χ2v) is 4.26. The summed E-state index contributed by atoms with van der Waals surface area (Å²) in [6, 6.07) is 2.71. The third-order valence-corrected chi connectivity index (χ3v) is 2.57. The van der Waals surface area contributed by atoms with Crippen LogP contribution in [0.5, 0.6) is 0 Å². The van der Waals surface area contributed by atoms with Crippen molar-refractivity contribution in [1.82, 2.24) is 0 Å². The number of hydrogen-bond acceptors (Lipinski definition) is 2. The highest BCUT2D eigenvalue weighted by molar-refractivity contribution is 5.93. The number of halogens is 6. The molecule has 6 nitrogen and oxygen atoms in total. The quantitative estimate of drug-likeness (QED) is 0.366. The van der Waals surface area contributed by atoms with Gasteiger partial charge >= 0.3 is 12.4 Å². The molecule has 23 heavy (non-hydrogen) atoms. The van der Waals surface area contributed by atoms with Crippen molar-refractivity contribution in [3.05, 3.63) is 29.8 Å². The molecule has 0 aliphatic heterocycles. The summed E-state index contributed by atoms with van der Waals surface area (Å²) < 4.78 is 76.6. The summed E-state index contributed by atoms with van der Waals surface area (Å²) in [5.41, 5.74) is 8.26. The Kier molecular flexibility index (Phi) is 4.80. The number of aliphatic hydroxyl groups is 1. The first-order valence-corrected chi connectivity index (χ1v) is 5.69. The van der Waals surface area contributed by atoms with E-state index in [9.17, 15) is 31.4 Å². The van der Waals surface area contributed by atoms with Crippen molar-refractivity contribution in [1.29, 1.82) is 0 Å². The van der Waals surface area contributed by atoms with Crippen LogP contribution in [0.4, 0.5) is 32.0 Å². The molecule has 7 N–H and O–H groups in total. The topological polar surface area (TPSA) is 123 Å². The van der Waals surface area contributed by atoms with Crippen molar-refractivity contribution in [3.8, 4) is 0 Å². The van der Waals surface area contributed by atoms with Crippen LogP contribution in [0.2, 0.25) is 0 Å². The number of benzene rings is 1. The molecule has 0 fully saturated rings. The fraction of sp³-hybridized carbons (Fsp3) is 0.273. The minimum atomic E-state index is -6.00. The van der Waals surface area contributed by atoms with E-state index in [0.717, 1.165) is 12.1 Å². The number of nitrogens with two attached hydrogens (primary N) is 3. The van der Waals surface area contributed by atoms with Crippen LogP contribution < -0.4 is 17.2 Å². The second kappa shape index (κ2) is 5.95. The lowest BCUT2D eigenvalue weighted by Crippen LogP contribution is -2.53. The molecule has 0 bridgehead atoms. The SMILES string of the molecule is NC(N)=NC(N)=Nc1cccc(C(O)(C(F)(F)F)C(F)(F)F)c1. The van der Waals surface area contributed by atoms with E-state index in [0.29, 0.717) is 12.1 Å². The summed E-state index contributed by atoms with van der Waals surface area (Å²) >= 11 is 0. The molecule has 0 saturated carbocycles. The van der Waals surface area contributed by atoms with E-state index in [-0.39, 0.29) is 0 Å². The van der Waals surface area contributed by atoms with Crippen LogP contribution in [0.1, 0.15) is 5.56 Å². The molecule has 0 unspecified atom stereocenters. The molecular weight excluding hydrogens is 332 g/mol. The van der Waals surface area contributed by atoms with Gasteiger partial charge in [-0.3, -0.25) is 0 Å². The maximum absolute atomic E-state index is 12.8. The Morgan fingerprint density at radius 2 is 1.48 bits per heavy atom. The van der Waals surface area contributed by atoms with E-state index < -0.39 is 41.1 Å². The Hall–Kier alpha value is -2.50. The summed E-state index contributed by atoms with van der Waals surface area (Å²) in [7, 11) is 0. The van der Waals surface area contributed by atoms with Crippen molar-refractivity contribution < 1.29 is 31.4 Å². The Labute approximate surface area is 125 Å².